The van der Waals surface area contributed by atoms with Gasteiger partial charge in [0.15, 0.2) is 0 Å². The van der Waals surface area contributed by atoms with Crippen LogP contribution in [0.2, 0.25) is 0 Å². The van der Waals surface area contributed by atoms with E-state index in [4.69, 9.17) is 4.74 Å². The summed E-state index contributed by atoms with van der Waals surface area (Å²) in [6.45, 7) is 29.4. The fourth-order valence-corrected chi connectivity index (χ4v) is 6.11. The van der Waals surface area contributed by atoms with Crippen molar-refractivity contribution in [2.75, 3.05) is 6.61 Å². The number of hydrogen-bond acceptors (Lipinski definition) is 1. The number of rotatable bonds is 7. The van der Waals surface area contributed by atoms with Crippen LogP contribution in [0.3, 0.4) is 0 Å². The van der Waals surface area contributed by atoms with Crippen molar-refractivity contribution < 1.29 is 37.4 Å². The van der Waals surface area contributed by atoms with Gasteiger partial charge < -0.3 is 11.7 Å². The van der Waals surface area contributed by atoms with Crippen LogP contribution in [0, 0.1) is 66.1 Å². The van der Waals surface area contributed by atoms with Gasteiger partial charge in [0.2, 0.25) is 0 Å². The van der Waals surface area contributed by atoms with Gasteiger partial charge in [0.1, 0.15) is 0 Å². The summed E-state index contributed by atoms with van der Waals surface area (Å²) in [5.74, 6) is 9.35. The van der Waals surface area contributed by atoms with Gasteiger partial charge in [0, 0.05) is 39.3 Å². The van der Waals surface area contributed by atoms with Crippen molar-refractivity contribution in [2.24, 2.45) is 59.2 Å². The topological polar surface area (TPSA) is 9.23 Å². The monoisotopic (exact) mass is 560 g/mol. The molecule has 0 amide bonds. The van der Waals surface area contributed by atoms with Crippen LogP contribution in [0.5, 0.6) is 0 Å². The largest absolute Gasteiger partial charge is 0.377 e. The Morgan fingerprint density at radius 2 is 0.886 bits per heavy atom. The van der Waals surface area contributed by atoms with Crippen molar-refractivity contribution in [3.05, 3.63) is 42.8 Å². The SMILES string of the molecule is CC1C(C)C(C)C(C)C1C.CC1C(C)C(C)C(C)C1C.[CH2-]CCCCCOCc1ccccc1.[Y]. The van der Waals surface area contributed by atoms with E-state index in [0.717, 1.165) is 85.2 Å². The molecule has 2 heteroatoms. The van der Waals surface area contributed by atoms with Crippen LogP contribution in [0.1, 0.15) is 100 Å². The van der Waals surface area contributed by atoms with Crippen molar-refractivity contribution in [2.45, 2.75) is 102 Å². The first-order valence-corrected chi connectivity index (χ1v) is 14.4. The Bertz CT molecular complexity index is 512. The predicted molar refractivity (Wildman–Crippen MR) is 152 cm³/mol. The van der Waals surface area contributed by atoms with E-state index < -0.39 is 0 Å². The fourth-order valence-electron chi connectivity index (χ4n) is 6.11. The number of hydrogen-bond donors (Lipinski definition) is 0. The smallest absolute Gasteiger partial charge is 0.0716 e. The van der Waals surface area contributed by atoms with Gasteiger partial charge in [-0.25, -0.2) is 0 Å². The molecule has 1 aromatic rings. The first kappa shape index (κ1) is 35.3. The standard InChI is InChI=1S/C13H19O.2C10H20.Y/c1-2-3-4-8-11-14-12-13-9-6-5-7-10-13;2*1-6-7(2)9(4)10(5)8(6)3;/h5-7,9-10H,1-4,8,11-12H2;2*6-10H,1-5H3;/q-1;;;. The van der Waals surface area contributed by atoms with Gasteiger partial charge in [-0.2, -0.15) is 6.42 Å². The molecule has 2 fully saturated rings. The zero-order valence-corrected chi connectivity index (χ0v) is 27.9. The van der Waals surface area contributed by atoms with Gasteiger partial charge >= 0.3 is 0 Å². The second kappa shape index (κ2) is 18.5. The van der Waals surface area contributed by atoms with Crippen LogP contribution in [-0.2, 0) is 44.1 Å². The van der Waals surface area contributed by atoms with Crippen molar-refractivity contribution in [3.63, 3.8) is 0 Å². The van der Waals surface area contributed by atoms with Gasteiger partial charge in [-0.05, 0) is 71.2 Å². The van der Waals surface area contributed by atoms with E-state index in [1.807, 2.05) is 18.2 Å². The van der Waals surface area contributed by atoms with Crippen LogP contribution in [0.25, 0.3) is 0 Å². The van der Waals surface area contributed by atoms with Crippen LogP contribution < -0.4 is 0 Å². The quantitative estimate of drug-likeness (QED) is 0.238. The average molecular weight is 561 g/mol. The Morgan fingerprint density at radius 1 is 0.543 bits per heavy atom. The zero-order chi connectivity index (χ0) is 25.8. The molecule has 2 aliphatic rings. The van der Waals surface area contributed by atoms with E-state index in [2.05, 4.69) is 88.3 Å². The molecule has 2 saturated carbocycles. The summed E-state index contributed by atoms with van der Waals surface area (Å²) >= 11 is 0. The molecule has 0 heterocycles. The first-order chi connectivity index (χ1) is 16.0. The average Bonchev–Trinajstić information content (AvgIpc) is 3.12. The summed E-state index contributed by atoms with van der Waals surface area (Å²) in [5.41, 5.74) is 1.25. The van der Waals surface area contributed by atoms with Crippen molar-refractivity contribution in [1.29, 1.82) is 0 Å². The molecule has 0 spiro atoms. The predicted octanol–water partition coefficient (Wildman–Crippen LogP) is 9.96. The van der Waals surface area contributed by atoms with Crippen LogP contribution in [0.4, 0.5) is 0 Å². The van der Waals surface area contributed by atoms with E-state index in [-0.39, 0.29) is 32.7 Å². The van der Waals surface area contributed by atoms with Crippen LogP contribution >= 0.6 is 0 Å². The molecule has 2 aliphatic carbocycles. The van der Waals surface area contributed by atoms with Gasteiger partial charge in [0.25, 0.3) is 0 Å². The molecule has 0 unspecified atom stereocenters. The summed E-state index contributed by atoms with van der Waals surface area (Å²) in [5, 5.41) is 0. The molecule has 0 saturated heterocycles. The Labute approximate surface area is 246 Å². The Hall–Kier alpha value is 0.284. The molecule has 0 aromatic heterocycles. The maximum Gasteiger partial charge on any atom is 0.0716 e. The maximum atomic E-state index is 5.55. The molecule has 3 rings (SSSR count). The van der Waals surface area contributed by atoms with E-state index in [9.17, 15) is 0 Å². The van der Waals surface area contributed by atoms with Gasteiger partial charge in [0.05, 0.1) is 6.61 Å². The molecule has 35 heavy (non-hydrogen) atoms. The summed E-state index contributed by atoms with van der Waals surface area (Å²) < 4.78 is 5.55. The zero-order valence-electron chi connectivity index (χ0n) is 25.1. The molecule has 0 N–H and O–H groups in total. The fraction of sp³-hybridized carbons (Fsp3) is 0.788. The van der Waals surface area contributed by atoms with E-state index >= 15 is 0 Å². The minimum atomic E-state index is 0. The number of ether oxygens (including phenoxy) is 1. The Balaban J connectivity index is 0.000000499. The van der Waals surface area contributed by atoms with Crippen molar-refractivity contribution in [3.8, 4) is 0 Å². The first-order valence-electron chi connectivity index (χ1n) is 14.4. The summed E-state index contributed by atoms with van der Waals surface area (Å²) in [6.07, 6.45) is 4.65. The minimum absolute atomic E-state index is 0. The van der Waals surface area contributed by atoms with Crippen molar-refractivity contribution in [1.82, 2.24) is 0 Å². The van der Waals surface area contributed by atoms with Crippen LogP contribution in [0.15, 0.2) is 30.3 Å². The summed E-state index contributed by atoms with van der Waals surface area (Å²) in [6, 6.07) is 10.3. The molecule has 1 radical (unpaired) electrons. The third-order valence-corrected chi connectivity index (χ3v) is 10.4. The molecule has 0 bridgehead atoms. The Morgan fingerprint density at radius 3 is 1.20 bits per heavy atom. The number of unbranched alkanes of at least 4 members (excludes halogenated alkanes) is 3. The molecule has 1 aromatic carbocycles. The van der Waals surface area contributed by atoms with Gasteiger partial charge in [-0.3, -0.25) is 0 Å². The Kier molecular flexibility index (Phi) is 18.7. The van der Waals surface area contributed by atoms with E-state index in [0.29, 0.717) is 0 Å². The summed E-state index contributed by atoms with van der Waals surface area (Å²) in [4.78, 5) is 0. The molecular formula is C33H59OY-. The van der Waals surface area contributed by atoms with E-state index in [1.54, 1.807) is 0 Å². The van der Waals surface area contributed by atoms with Gasteiger partial charge in [-0.1, -0.05) is 112 Å². The van der Waals surface area contributed by atoms with E-state index in [1.165, 1.54) is 18.4 Å². The molecule has 0 aliphatic heterocycles. The second-order valence-corrected chi connectivity index (χ2v) is 12.0. The molecule has 0 atom stereocenters. The normalized spacial score (nSPS) is 35.9. The second-order valence-electron chi connectivity index (χ2n) is 12.0. The molecule has 1 nitrogen and oxygen atoms in total. The van der Waals surface area contributed by atoms with Crippen molar-refractivity contribution >= 4 is 0 Å². The third-order valence-electron chi connectivity index (χ3n) is 10.4. The summed E-state index contributed by atoms with van der Waals surface area (Å²) in [7, 11) is 0. The third kappa shape index (κ3) is 11.3. The maximum absolute atomic E-state index is 5.55. The van der Waals surface area contributed by atoms with Gasteiger partial charge in [-0.15, -0.1) is 0 Å². The molecular weight excluding hydrogens is 501 g/mol. The minimum Gasteiger partial charge on any atom is -0.377 e. The van der Waals surface area contributed by atoms with Crippen LogP contribution in [-0.4, -0.2) is 6.61 Å². The molecule has 201 valence electrons. The number of benzene rings is 1.